The molecule has 0 aliphatic carbocycles. The molecule has 5 nitrogen and oxygen atoms in total. The lowest BCUT2D eigenvalue weighted by Gasteiger charge is -2.33. The van der Waals surface area contributed by atoms with Crippen LogP contribution in [0.3, 0.4) is 0 Å². The summed E-state index contributed by atoms with van der Waals surface area (Å²) in [5.74, 6) is 1.20. The number of rotatable bonds is 4. The van der Waals surface area contributed by atoms with Gasteiger partial charge in [-0.15, -0.1) is 0 Å². The van der Waals surface area contributed by atoms with Crippen LogP contribution in [0.4, 0.5) is 0 Å². The Hall–Kier alpha value is -1.36. The lowest BCUT2D eigenvalue weighted by Crippen LogP contribution is -2.48. The van der Waals surface area contributed by atoms with Gasteiger partial charge in [-0.2, -0.15) is 17.0 Å². The van der Waals surface area contributed by atoms with E-state index in [4.69, 9.17) is 5.26 Å². The van der Waals surface area contributed by atoms with Crippen LogP contribution >= 0.6 is 11.8 Å². The summed E-state index contributed by atoms with van der Waals surface area (Å²) in [5, 5.41) is 8.14. The van der Waals surface area contributed by atoms with Gasteiger partial charge in [0, 0.05) is 29.9 Å². The summed E-state index contributed by atoms with van der Waals surface area (Å²) in [4.78, 5) is 14.0. The molecule has 7 heteroatoms. The van der Waals surface area contributed by atoms with Crippen molar-refractivity contribution in [1.29, 1.82) is 5.26 Å². The summed E-state index contributed by atoms with van der Waals surface area (Å²) in [6, 6.07) is 8.39. The Labute approximate surface area is 128 Å². The van der Waals surface area contributed by atoms with Crippen molar-refractivity contribution in [3.63, 3.8) is 0 Å². The van der Waals surface area contributed by atoms with Crippen molar-refractivity contribution in [2.24, 2.45) is 0 Å². The molecule has 2 rings (SSSR count). The normalized spacial score (nSPS) is 19.9. The first-order valence-corrected chi connectivity index (χ1v) is 9.57. The molecule has 0 aromatic heterocycles. The molecule has 1 saturated heterocycles. The van der Waals surface area contributed by atoms with Crippen molar-refractivity contribution in [3.8, 4) is 6.07 Å². The van der Waals surface area contributed by atoms with Gasteiger partial charge in [0.25, 0.3) is 0 Å². The number of sulfone groups is 1. The van der Waals surface area contributed by atoms with Crippen molar-refractivity contribution < 1.29 is 13.2 Å². The zero-order valence-corrected chi connectivity index (χ0v) is 13.3. The number of carbonyl (C=O) groups excluding carboxylic acids is 1. The van der Waals surface area contributed by atoms with Gasteiger partial charge in [-0.05, 0) is 12.1 Å². The Balaban J connectivity index is 2.11. The highest BCUT2D eigenvalue weighted by molar-refractivity contribution is 8.00. The first-order valence-electron chi connectivity index (χ1n) is 6.46. The third-order valence-electron chi connectivity index (χ3n) is 3.37. The van der Waals surface area contributed by atoms with Gasteiger partial charge >= 0.3 is 0 Å². The molecular formula is C14H16N2O3S2. The average Bonchev–Trinajstić information content (AvgIpc) is 2.47. The molecule has 0 amide bonds. The molecule has 1 aromatic rings. The molecule has 0 radical (unpaired) electrons. The second-order valence-electron chi connectivity index (χ2n) is 4.94. The fraction of sp³-hybridized carbons (Fsp3) is 0.429. The van der Waals surface area contributed by atoms with Crippen LogP contribution in [0, 0.1) is 11.3 Å². The van der Waals surface area contributed by atoms with Gasteiger partial charge in [-0.1, -0.05) is 12.1 Å². The minimum atomic E-state index is -3.20. The summed E-state index contributed by atoms with van der Waals surface area (Å²) in [7, 11) is -3.20. The molecule has 112 valence electrons. The number of hydrogen-bond acceptors (Lipinski definition) is 6. The number of benzene rings is 1. The zero-order valence-electron chi connectivity index (χ0n) is 11.7. The van der Waals surface area contributed by atoms with E-state index in [1.54, 1.807) is 40.9 Å². The number of ketones is 1. The highest BCUT2D eigenvalue weighted by Crippen LogP contribution is 2.20. The Morgan fingerprint density at radius 1 is 1.43 bits per heavy atom. The van der Waals surface area contributed by atoms with Gasteiger partial charge in [-0.3, -0.25) is 9.69 Å². The Morgan fingerprint density at radius 3 is 2.67 bits per heavy atom. The van der Waals surface area contributed by atoms with Crippen LogP contribution in [0.5, 0.6) is 0 Å². The molecule has 0 bridgehead atoms. The third-order valence-corrected chi connectivity index (χ3v) is 6.05. The molecule has 1 heterocycles. The number of thioether (sulfide) groups is 1. The van der Waals surface area contributed by atoms with Crippen LogP contribution in [0.15, 0.2) is 24.3 Å². The molecule has 1 atom stereocenters. The summed E-state index contributed by atoms with van der Waals surface area (Å²) < 4.78 is 23.6. The van der Waals surface area contributed by atoms with Gasteiger partial charge in [-0.25, -0.2) is 8.42 Å². The van der Waals surface area contributed by atoms with Gasteiger partial charge in [0.05, 0.1) is 18.2 Å². The zero-order chi connectivity index (χ0) is 15.5. The number of Topliss-reactive ketones (excluding diaryl/α,β-unsaturated/α-hetero) is 1. The SMILES string of the molecule is CS(=O)(=O)C1CSCCN1CC(=O)c1ccc(C#N)cc1. The molecule has 1 fully saturated rings. The lowest BCUT2D eigenvalue weighted by atomic mass is 10.1. The van der Waals surface area contributed by atoms with Crippen LogP contribution < -0.4 is 0 Å². The van der Waals surface area contributed by atoms with Crippen molar-refractivity contribution in [3.05, 3.63) is 35.4 Å². The molecule has 0 N–H and O–H groups in total. The topological polar surface area (TPSA) is 78.2 Å². The minimum absolute atomic E-state index is 0.0875. The van der Waals surface area contributed by atoms with Crippen LogP contribution in [-0.4, -0.2) is 55.3 Å². The van der Waals surface area contributed by atoms with Crippen molar-refractivity contribution >= 4 is 27.4 Å². The van der Waals surface area contributed by atoms with Gasteiger partial charge in [0.15, 0.2) is 15.6 Å². The smallest absolute Gasteiger partial charge is 0.176 e. The summed E-state index contributed by atoms with van der Waals surface area (Å²) in [5.41, 5.74) is 0.995. The van der Waals surface area contributed by atoms with E-state index in [1.165, 1.54) is 6.26 Å². The monoisotopic (exact) mass is 324 g/mol. The maximum Gasteiger partial charge on any atom is 0.176 e. The lowest BCUT2D eigenvalue weighted by molar-refractivity contribution is 0.0928. The van der Waals surface area contributed by atoms with E-state index in [0.717, 1.165) is 5.75 Å². The van der Waals surface area contributed by atoms with E-state index in [-0.39, 0.29) is 12.3 Å². The molecule has 1 aromatic carbocycles. The molecule has 0 spiro atoms. The first-order chi connectivity index (χ1) is 9.91. The van der Waals surface area contributed by atoms with Crippen molar-refractivity contribution in [2.75, 3.05) is 30.9 Å². The highest BCUT2D eigenvalue weighted by atomic mass is 32.2. The molecular weight excluding hydrogens is 308 g/mol. The van der Waals surface area contributed by atoms with E-state index in [2.05, 4.69) is 0 Å². The quantitative estimate of drug-likeness (QED) is 0.774. The first kappa shape index (κ1) is 16.0. The summed E-state index contributed by atoms with van der Waals surface area (Å²) >= 11 is 1.59. The predicted molar refractivity (Wildman–Crippen MR) is 83.0 cm³/mol. The largest absolute Gasteiger partial charge is 0.293 e. The van der Waals surface area contributed by atoms with E-state index in [0.29, 0.717) is 23.4 Å². The van der Waals surface area contributed by atoms with Gasteiger partial charge < -0.3 is 0 Å². The molecule has 21 heavy (non-hydrogen) atoms. The predicted octanol–water partition coefficient (Wildman–Crippen LogP) is 1.16. The second-order valence-corrected chi connectivity index (χ2v) is 8.29. The minimum Gasteiger partial charge on any atom is -0.293 e. The van der Waals surface area contributed by atoms with E-state index >= 15 is 0 Å². The molecule has 1 aliphatic rings. The van der Waals surface area contributed by atoms with Crippen LogP contribution in [0.25, 0.3) is 0 Å². The summed E-state index contributed by atoms with van der Waals surface area (Å²) in [6.45, 7) is 0.675. The van der Waals surface area contributed by atoms with Gasteiger partial charge in [0.2, 0.25) is 0 Å². The molecule has 1 unspecified atom stereocenters. The number of nitriles is 1. The maximum atomic E-state index is 12.3. The average molecular weight is 324 g/mol. The number of hydrogen-bond donors (Lipinski definition) is 0. The third kappa shape index (κ3) is 4.06. The van der Waals surface area contributed by atoms with Crippen LogP contribution in [0.2, 0.25) is 0 Å². The van der Waals surface area contributed by atoms with Gasteiger partial charge in [0.1, 0.15) is 5.37 Å². The number of nitrogens with zero attached hydrogens (tertiary/aromatic N) is 2. The molecule has 1 aliphatic heterocycles. The Kier molecular flexibility index (Phi) is 5.04. The summed E-state index contributed by atoms with van der Waals surface area (Å²) in [6.07, 6.45) is 1.21. The van der Waals surface area contributed by atoms with E-state index in [9.17, 15) is 13.2 Å². The van der Waals surface area contributed by atoms with Crippen LogP contribution in [0.1, 0.15) is 15.9 Å². The Morgan fingerprint density at radius 2 is 2.10 bits per heavy atom. The highest BCUT2D eigenvalue weighted by Gasteiger charge is 2.32. The van der Waals surface area contributed by atoms with E-state index in [1.807, 2.05) is 6.07 Å². The van der Waals surface area contributed by atoms with Crippen molar-refractivity contribution in [1.82, 2.24) is 4.90 Å². The fourth-order valence-corrected chi connectivity index (χ4v) is 5.14. The standard InChI is InChI=1S/C14H16N2O3S2/c1-21(18,19)14-10-20-7-6-16(14)9-13(17)12-4-2-11(8-15)3-5-12/h2-5,14H,6-7,9-10H2,1H3. The van der Waals surface area contributed by atoms with E-state index < -0.39 is 15.2 Å². The fourth-order valence-electron chi connectivity index (χ4n) is 2.20. The number of carbonyl (C=O) groups is 1. The second kappa shape index (κ2) is 6.60. The Bertz CT molecular complexity index is 662. The molecule has 0 saturated carbocycles. The van der Waals surface area contributed by atoms with Crippen molar-refractivity contribution in [2.45, 2.75) is 5.37 Å². The maximum absolute atomic E-state index is 12.3. The van der Waals surface area contributed by atoms with Crippen LogP contribution in [-0.2, 0) is 9.84 Å².